The van der Waals surface area contributed by atoms with Crippen molar-refractivity contribution < 1.29 is 14.2 Å². The van der Waals surface area contributed by atoms with Gasteiger partial charge in [-0.2, -0.15) is 0 Å². The molecule has 1 aliphatic rings. The smallest absolute Gasteiger partial charge is 0.175 e. The normalized spacial score (nSPS) is 14.2. The molecule has 0 aromatic heterocycles. The van der Waals surface area contributed by atoms with Crippen molar-refractivity contribution in [2.24, 2.45) is 0 Å². The van der Waals surface area contributed by atoms with Crippen molar-refractivity contribution in [2.45, 2.75) is 38.8 Å². The van der Waals surface area contributed by atoms with Crippen molar-refractivity contribution in [3.63, 3.8) is 0 Å². The van der Waals surface area contributed by atoms with Gasteiger partial charge in [-0.15, -0.1) is 0 Å². The molecule has 1 N–H and O–H groups in total. The van der Waals surface area contributed by atoms with Crippen LogP contribution in [0.3, 0.4) is 0 Å². The Bertz CT molecular complexity index is 449. The molecule has 1 fully saturated rings. The van der Waals surface area contributed by atoms with E-state index in [1.165, 1.54) is 18.4 Å². The van der Waals surface area contributed by atoms with Crippen LogP contribution in [0.25, 0.3) is 0 Å². The summed E-state index contributed by atoms with van der Waals surface area (Å²) in [6, 6.07) is 4.83. The highest BCUT2D eigenvalue weighted by molar-refractivity contribution is 9.10. The van der Waals surface area contributed by atoms with E-state index in [-0.39, 0.29) is 0 Å². The van der Waals surface area contributed by atoms with E-state index in [1.807, 2.05) is 13.0 Å². The Morgan fingerprint density at radius 2 is 2.10 bits per heavy atom. The van der Waals surface area contributed by atoms with Gasteiger partial charge in [0, 0.05) is 32.2 Å². The fourth-order valence-corrected chi connectivity index (χ4v) is 2.65. The van der Waals surface area contributed by atoms with Crippen LogP contribution in [-0.2, 0) is 11.3 Å². The van der Waals surface area contributed by atoms with E-state index < -0.39 is 0 Å². The molecule has 0 spiro atoms. The molecule has 1 saturated carbocycles. The zero-order valence-corrected chi connectivity index (χ0v) is 14.4. The summed E-state index contributed by atoms with van der Waals surface area (Å²) >= 11 is 3.58. The summed E-state index contributed by atoms with van der Waals surface area (Å²) in [5.41, 5.74) is 1.20. The first kappa shape index (κ1) is 16.6. The number of benzene rings is 1. The number of nitrogens with one attached hydrogen (secondary N) is 1. The van der Waals surface area contributed by atoms with Crippen LogP contribution in [0, 0.1) is 0 Å². The average Bonchev–Trinajstić information content (AvgIpc) is 3.30. The van der Waals surface area contributed by atoms with Crippen LogP contribution in [0.2, 0.25) is 0 Å². The van der Waals surface area contributed by atoms with Crippen LogP contribution in [0.15, 0.2) is 16.6 Å². The van der Waals surface area contributed by atoms with Crippen molar-refractivity contribution in [2.75, 3.05) is 26.9 Å². The molecule has 5 heteroatoms. The minimum Gasteiger partial charge on any atom is -0.493 e. The highest BCUT2D eigenvalue weighted by Crippen LogP contribution is 2.37. The molecule has 4 nitrogen and oxygen atoms in total. The monoisotopic (exact) mass is 357 g/mol. The van der Waals surface area contributed by atoms with Crippen LogP contribution in [0.1, 0.15) is 31.7 Å². The molecular formula is C16H24BrNO3. The maximum atomic E-state index is 5.83. The van der Waals surface area contributed by atoms with Crippen molar-refractivity contribution in [1.82, 2.24) is 5.32 Å². The summed E-state index contributed by atoms with van der Waals surface area (Å²) in [6.45, 7) is 4.95. The molecule has 0 radical (unpaired) electrons. The van der Waals surface area contributed by atoms with E-state index in [0.717, 1.165) is 42.2 Å². The minimum atomic E-state index is 0.620. The predicted octanol–water partition coefficient (Wildman–Crippen LogP) is 3.52. The van der Waals surface area contributed by atoms with E-state index in [9.17, 15) is 0 Å². The molecule has 118 valence electrons. The van der Waals surface area contributed by atoms with Crippen molar-refractivity contribution in [3.8, 4) is 11.5 Å². The van der Waals surface area contributed by atoms with Gasteiger partial charge < -0.3 is 19.5 Å². The van der Waals surface area contributed by atoms with E-state index in [2.05, 4.69) is 27.3 Å². The Hall–Kier alpha value is -0.780. The standard InChI is InChI=1S/C16H24BrNO3/c1-3-20-7-4-8-21-16-14(17)9-12(10-15(16)19-2)11-18-13-5-6-13/h9-10,13,18H,3-8,11H2,1-2H3. The third-order valence-electron chi connectivity index (χ3n) is 3.34. The van der Waals surface area contributed by atoms with E-state index in [1.54, 1.807) is 7.11 Å². The lowest BCUT2D eigenvalue weighted by atomic mass is 10.2. The Morgan fingerprint density at radius 3 is 2.76 bits per heavy atom. The topological polar surface area (TPSA) is 39.7 Å². The molecule has 0 aliphatic heterocycles. The molecular weight excluding hydrogens is 334 g/mol. The summed E-state index contributed by atoms with van der Waals surface area (Å²) in [6.07, 6.45) is 3.45. The first-order chi connectivity index (χ1) is 10.2. The van der Waals surface area contributed by atoms with Crippen molar-refractivity contribution >= 4 is 15.9 Å². The third kappa shape index (κ3) is 5.49. The van der Waals surface area contributed by atoms with Crippen LogP contribution in [0.4, 0.5) is 0 Å². The molecule has 0 atom stereocenters. The summed E-state index contributed by atoms with van der Waals surface area (Å²) in [5, 5.41) is 3.50. The zero-order chi connectivity index (χ0) is 15.1. The predicted molar refractivity (Wildman–Crippen MR) is 87.2 cm³/mol. The fraction of sp³-hybridized carbons (Fsp3) is 0.625. The average molecular weight is 358 g/mol. The van der Waals surface area contributed by atoms with Crippen molar-refractivity contribution in [3.05, 3.63) is 22.2 Å². The van der Waals surface area contributed by atoms with Gasteiger partial charge in [-0.1, -0.05) is 0 Å². The second kappa shape index (κ2) is 8.61. The van der Waals surface area contributed by atoms with Crippen LogP contribution in [0.5, 0.6) is 11.5 Å². The maximum Gasteiger partial charge on any atom is 0.175 e. The van der Waals surface area contributed by atoms with Crippen LogP contribution >= 0.6 is 15.9 Å². The van der Waals surface area contributed by atoms with E-state index >= 15 is 0 Å². The van der Waals surface area contributed by atoms with E-state index in [4.69, 9.17) is 14.2 Å². The quantitative estimate of drug-likeness (QED) is 0.650. The molecule has 0 saturated heterocycles. The number of hydrogen-bond donors (Lipinski definition) is 1. The lowest BCUT2D eigenvalue weighted by molar-refractivity contribution is 0.130. The molecule has 21 heavy (non-hydrogen) atoms. The van der Waals surface area contributed by atoms with Crippen molar-refractivity contribution in [1.29, 1.82) is 0 Å². The lowest BCUT2D eigenvalue weighted by Gasteiger charge is -2.14. The van der Waals surface area contributed by atoms with Gasteiger partial charge in [0.2, 0.25) is 0 Å². The highest BCUT2D eigenvalue weighted by Gasteiger charge is 2.20. The lowest BCUT2D eigenvalue weighted by Crippen LogP contribution is -2.15. The molecule has 0 heterocycles. The van der Waals surface area contributed by atoms with Gasteiger partial charge >= 0.3 is 0 Å². The van der Waals surface area contributed by atoms with Gasteiger partial charge in [0.05, 0.1) is 18.2 Å². The summed E-state index contributed by atoms with van der Waals surface area (Å²) in [5.74, 6) is 1.54. The number of hydrogen-bond acceptors (Lipinski definition) is 4. The number of rotatable bonds is 10. The Labute approximate surface area is 135 Å². The Kier molecular flexibility index (Phi) is 6.80. The molecule has 2 rings (SSSR count). The molecule has 1 aromatic rings. The first-order valence-electron chi connectivity index (χ1n) is 7.55. The third-order valence-corrected chi connectivity index (χ3v) is 3.93. The van der Waals surface area contributed by atoms with Gasteiger partial charge in [0.1, 0.15) is 0 Å². The molecule has 1 aromatic carbocycles. The maximum absolute atomic E-state index is 5.83. The van der Waals surface area contributed by atoms with Gasteiger partial charge in [-0.05, 0) is 53.4 Å². The number of halogens is 1. The van der Waals surface area contributed by atoms with E-state index in [0.29, 0.717) is 12.6 Å². The minimum absolute atomic E-state index is 0.620. The second-order valence-electron chi connectivity index (χ2n) is 5.16. The summed E-state index contributed by atoms with van der Waals surface area (Å²) in [7, 11) is 1.67. The summed E-state index contributed by atoms with van der Waals surface area (Å²) in [4.78, 5) is 0. The largest absolute Gasteiger partial charge is 0.493 e. The van der Waals surface area contributed by atoms with Gasteiger partial charge in [0.25, 0.3) is 0 Å². The molecule has 0 unspecified atom stereocenters. The fourth-order valence-electron chi connectivity index (χ4n) is 2.04. The van der Waals surface area contributed by atoms with Gasteiger partial charge in [0.15, 0.2) is 11.5 Å². The zero-order valence-electron chi connectivity index (χ0n) is 12.8. The number of methoxy groups -OCH3 is 1. The number of ether oxygens (including phenoxy) is 3. The second-order valence-corrected chi connectivity index (χ2v) is 6.02. The van der Waals surface area contributed by atoms with Gasteiger partial charge in [-0.3, -0.25) is 0 Å². The SMILES string of the molecule is CCOCCCOc1c(Br)cc(CNC2CC2)cc1OC. The summed E-state index contributed by atoms with van der Waals surface area (Å²) < 4.78 is 17.5. The van der Waals surface area contributed by atoms with Gasteiger partial charge in [-0.25, -0.2) is 0 Å². The highest BCUT2D eigenvalue weighted by atomic mass is 79.9. The molecule has 0 amide bonds. The Morgan fingerprint density at radius 1 is 1.29 bits per heavy atom. The Balaban J connectivity index is 1.91. The van der Waals surface area contributed by atoms with Crippen LogP contribution in [-0.4, -0.2) is 33.0 Å². The molecule has 1 aliphatic carbocycles. The first-order valence-corrected chi connectivity index (χ1v) is 8.34. The molecule has 0 bridgehead atoms. The van der Waals surface area contributed by atoms with Crippen LogP contribution < -0.4 is 14.8 Å².